The Labute approximate surface area is 117 Å². The van der Waals surface area contributed by atoms with Crippen LogP contribution >= 0.6 is 12.4 Å². The van der Waals surface area contributed by atoms with Gasteiger partial charge in [-0.1, -0.05) is 18.2 Å². The van der Waals surface area contributed by atoms with Crippen LogP contribution < -0.4 is 5.32 Å². The molecule has 2 rings (SSSR count). The molecular formula is C13H16ClNO4. The number of nitrogens with one attached hydrogen (secondary N) is 1. The minimum absolute atomic E-state index is 0. The van der Waals surface area contributed by atoms with Crippen molar-refractivity contribution in [3.63, 3.8) is 0 Å². The lowest BCUT2D eigenvalue weighted by Gasteiger charge is -2.11. The first-order valence-corrected chi connectivity index (χ1v) is 5.78. The molecule has 0 aliphatic carbocycles. The third-order valence-electron chi connectivity index (χ3n) is 2.86. The van der Waals surface area contributed by atoms with Gasteiger partial charge in [0.2, 0.25) is 0 Å². The smallest absolute Gasteiger partial charge is 0.338 e. The molecule has 0 radical (unpaired) electrons. The summed E-state index contributed by atoms with van der Waals surface area (Å²) in [6.45, 7) is 0.471. The van der Waals surface area contributed by atoms with Crippen molar-refractivity contribution in [1.82, 2.24) is 5.32 Å². The van der Waals surface area contributed by atoms with Gasteiger partial charge in [0.1, 0.15) is 12.1 Å². The lowest BCUT2D eigenvalue weighted by molar-refractivity contribution is -0.142. The Morgan fingerprint density at radius 1 is 1.26 bits per heavy atom. The van der Waals surface area contributed by atoms with Gasteiger partial charge >= 0.3 is 11.9 Å². The number of rotatable bonds is 3. The highest BCUT2D eigenvalue weighted by molar-refractivity contribution is 5.89. The summed E-state index contributed by atoms with van der Waals surface area (Å²) in [5.74, 6) is -0.693. The molecular weight excluding hydrogens is 270 g/mol. The summed E-state index contributed by atoms with van der Waals surface area (Å²) < 4.78 is 9.94. The molecule has 0 amide bonds. The van der Waals surface area contributed by atoms with E-state index >= 15 is 0 Å². The topological polar surface area (TPSA) is 64.6 Å². The first kappa shape index (κ1) is 15.5. The molecule has 2 atom stereocenters. The standard InChI is InChI=1S/C13H15NO4.ClH/c1-17-13(16)11-7-10(8-14-11)18-12(15)9-5-3-2-4-6-9;/h2-6,10-11,14H,7-8H2,1H3;1H/t10-,11-;/m0./s1. The molecule has 1 N–H and O–H groups in total. The summed E-state index contributed by atoms with van der Waals surface area (Å²) in [7, 11) is 1.34. The molecule has 0 bridgehead atoms. The third kappa shape index (κ3) is 3.94. The second-order valence-corrected chi connectivity index (χ2v) is 4.11. The summed E-state index contributed by atoms with van der Waals surface area (Å²) >= 11 is 0. The van der Waals surface area contributed by atoms with Crippen LogP contribution in [0.15, 0.2) is 30.3 Å². The molecule has 0 aromatic heterocycles. The predicted molar refractivity (Wildman–Crippen MR) is 71.3 cm³/mol. The summed E-state index contributed by atoms with van der Waals surface area (Å²) in [6, 6.07) is 8.40. The van der Waals surface area contributed by atoms with Crippen LogP contribution in [0.3, 0.4) is 0 Å². The van der Waals surface area contributed by atoms with Crippen molar-refractivity contribution < 1.29 is 19.1 Å². The summed E-state index contributed by atoms with van der Waals surface area (Å²) in [5, 5.41) is 2.96. The molecule has 1 aliphatic heterocycles. The summed E-state index contributed by atoms with van der Waals surface area (Å²) in [6.07, 6.45) is 0.160. The van der Waals surface area contributed by atoms with E-state index < -0.39 is 0 Å². The molecule has 1 heterocycles. The van der Waals surface area contributed by atoms with Crippen molar-refractivity contribution in [2.45, 2.75) is 18.6 Å². The molecule has 1 fully saturated rings. The van der Waals surface area contributed by atoms with Gasteiger partial charge in [0.25, 0.3) is 0 Å². The van der Waals surface area contributed by atoms with Crippen molar-refractivity contribution in [2.75, 3.05) is 13.7 Å². The van der Waals surface area contributed by atoms with E-state index in [9.17, 15) is 9.59 Å². The van der Waals surface area contributed by atoms with Gasteiger partial charge < -0.3 is 14.8 Å². The SMILES string of the molecule is COC(=O)[C@@H]1C[C@H](OC(=O)c2ccccc2)CN1.Cl. The Morgan fingerprint density at radius 3 is 2.58 bits per heavy atom. The Hall–Kier alpha value is -1.59. The molecule has 19 heavy (non-hydrogen) atoms. The van der Waals surface area contributed by atoms with E-state index in [4.69, 9.17) is 4.74 Å². The normalized spacial score (nSPS) is 21.3. The fraction of sp³-hybridized carbons (Fsp3) is 0.385. The van der Waals surface area contributed by atoms with Gasteiger partial charge in [-0.3, -0.25) is 4.79 Å². The van der Waals surface area contributed by atoms with Gasteiger partial charge in [0, 0.05) is 13.0 Å². The number of carbonyl (C=O) groups excluding carboxylic acids is 2. The highest BCUT2D eigenvalue weighted by Gasteiger charge is 2.32. The van der Waals surface area contributed by atoms with E-state index in [0.29, 0.717) is 18.5 Å². The largest absolute Gasteiger partial charge is 0.468 e. The number of halogens is 1. The molecule has 6 heteroatoms. The number of benzene rings is 1. The zero-order valence-electron chi connectivity index (χ0n) is 10.5. The predicted octanol–water partition coefficient (Wildman–Crippen LogP) is 1.17. The van der Waals surface area contributed by atoms with E-state index in [1.165, 1.54) is 7.11 Å². The lowest BCUT2D eigenvalue weighted by Crippen LogP contribution is -2.31. The molecule has 1 aromatic rings. The van der Waals surface area contributed by atoms with Crippen molar-refractivity contribution in [3.05, 3.63) is 35.9 Å². The monoisotopic (exact) mass is 285 g/mol. The van der Waals surface area contributed by atoms with Crippen LogP contribution in [-0.2, 0) is 14.3 Å². The zero-order chi connectivity index (χ0) is 13.0. The number of ether oxygens (including phenoxy) is 2. The maximum Gasteiger partial charge on any atom is 0.338 e. The Bertz CT molecular complexity index is 438. The highest BCUT2D eigenvalue weighted by atomic mass is 35.5. The van der Waals surface area contributed by atoms with Gasteiger partial charge in [-0.2, -0.15) is 0 Å². The van der Waals surface area contributed by atoms with Crippen LogP contribution in [0.5, 0.6) is 0 Å². The maximum atomic E-state index is 11.8. The van der Waals surface area contributed by atoms with Crippen LogP contribution in [-0.4, -0.2) is 37.7 Å². The second kappa shape index (κ2) is 7.11. The molecule has 104 valence electrons. The van der Waals surface area contributed by atoms with Crippen LogP contribution in [0.25, 0.3) is 0 Å². The average molecular weight is 286 g/mol. The van der Waals surface area contributed by atoms with Crippen molar-refractivity contribution >= 4 is 24.3 Å². The Kier molecular flexibility index (Phi) is 5.79. The van der Waals surface area contributed by atoms with Crippen LogP contribution in [0, 0.1) is 0 Å². The number of methoxy groups -OCH3 is 1. The second-order valence-electron chi connectivity index (χ2n) is 4.11. The fourth-order valence-corrected chi connectivity index (χ4v) is 1.91. The number of hydrogen-bond acceptors (Lipinski definition) is 5. The van der Waals surface area contributed by atoms with Gasteiger partial charge in [-0.05, 0) is 12.1 Å². The first-order chi connectivity index (χ1) is 8.70. The van der Waals surface area contributed by atoms with Gasteiger partial charge in [-0.25, -0.2) is 4.79 Å². The fourth-order valence-electron chi connectivity index (χ4n) is 1.91. The van der Waals surface area contributed by atoms with Gasteiger partial charge in [-0.15, -0.1) is 12.4 Å². The van der Waals surface area contributed by atoms with E-state index in [1.807, 2.05) is 6.07 Å². The minimum atomic E-state index is -0.386. The maximum absolute atomic E-state index is 11.8. The van der Waals surface area contributed by atoms with Crippen molar-refractivity contribution in [2.24, 2.45) is 0 Å². The van der Waals surface area contributed by atoms with Crippen molar-refractivity contribution in [3.8, 4) is 0 Å². The molecule has 1 saturated heterocycles. The third-order valence-corrected chi connectivity index (χ3v) is 2.86. The summed E-state index contributed by atoms with van der Waals surface area (Å²) in [4.78, 5) is 23.1. The van der Waals surface area contributed by atoms with Gasteiger partial charge in [0.15, 0.2) is 0 Å². The van der Waals surface area contributed by atoms with Crippen LogP contribution in [0.2, 0.25) is 0 Å². The highest BCUT2D eigenvalue weighted by Crippen LogP contribution is 2.14. The van der Waals surface area contributed by atoms with Crippen molar-refractivity contribution in [1.29, 1.82) is 0 Å². The molecule has 0 saturated carbocycles. The van der Waals surface area contributed by atoms with E-state index in [1.54, 1.807) is 24.3 Å². The zero-order valence-corrected chi connectivity index (χ0v) is 11.3. The number of hydrogen-bond donors (Lipinski definition) is 1. The number of carbonyl (C=O) groups is 2. The quantitative estimate of drug-likeness (QED) is 0.845. The van der Waals surface area contributed by atoms with Crippen LogP contribution in [0.4, 0.5) is 0 Å². The van der Waals surface area contributed by atoms with Crippen LogP contribution in [0.1, 0.15) is 16.8 Å². The summed E-state index contributed by atoms with van der Waals surface area (Å²) in [5.41, 5.74) is 0.513. The molecule has 5 nitrogen and oxygen atoms in total. The van der Waals surface area contributed by atoms with E-state index in [0.717, 1.165) is 0 Å². The molecule has 0 unspecified atom stereocenters. The lowest BCUT2D eigenvalue weighted by atomic mass is 10.2. The Morgan fingerprint density at radius 2 is 1.95 bits per heavy atom. The Balaban J connectivity index is 0.00000180. The number of esters is 2. The first-order valence-electron chi connectivity index (χ1n) is 5.78. The minimum Gasteiger partial charge on any atom is -0.468 e. The van der Waals surface area contributed by atoms with E-state index in [-0.39, 0.29) is 36.5 Å². The van der Waals surface area contributed by atoms with E-state index in [2.05, 4.69) is 10.1 Å². The van der Waals surface area contributed by atoms with Gasteiger partial charge in [0.05, 0.1) is 12.7 Å². The molecule has 0 spiro atoms. The average Bonchev–Trinajstić information content (AvgIpc) is 2.87. The molecule has 1 aromatic carbocycles. The molecule has 1 aliphatic rings.